The van der Waals surface area contributed by atoms with Crippen molar-refractivity contribution in [2.75, 3.05) is 0 Å². The molecule has 0 bridgehead atoms. The number of aliphatic carboxylic acids is 1. The van der Waals surface area contributed by atoms with E-state index in [1.807, 2.05) is 0 Å². The van der Waals surface area contributed by atoms with E-state index < -0.39 is 12.0 Å². The number of carboxylic acids is 1. The van der Waals surface area contributed by atoms with E-state index in [4.69, 9.17) is 5.11 Å². The van der Waals surface area contributed by atoms with Crippen LogP contribution in [0, 0.1) is 0 Å². The smallest absolute Gasteiger partial charge is 0.326 e. The van der Waals surface area contributed by atoms with E-state index in [9.17, 15) is 4.79 Å². The molecule has 0 saturated carbocycles. The third kappa shape index (κ3) is 0.964. The molecular weight excluding hydrogens is 224 g/mol. The van der Waals surface area contributed by atoms with Gasteiger partial charge in [-0.3, -0.25) is 0 Å². The maximum Gasteiger partial charge on any atom is 0.326 e. The zero-order valence-corrected chi connectivity index (χ0v) is 7.78. The highest BCUT2D eigenvalue weighted by molar-refractivity contribution is 9.10. The normalized spacial score (nSPS) is 20.9. The van der Waals surface area contributed by atoms with Crippen molar-refractivity contribution >= 4 is 21.9 Å². The van der Waals surface area contributed by atoms with E-state index in [0.29, 0.717) is 6.42 Å². The second-order valence-electron chi connectivity index (χ2n) is 2.76. The summed E-state index contributed by atoms with van der Waals surface area (Å²) in [7, 11) is 0. The lowest BCUT2D eigenvalue weighted by Gasteiger charge is -2.07. The number of fused-ring (bicyclic) bond motifs is 1. The second-order valence-corrected chi connectivity index (χ2v) is 3.57. The number of hydrogen-bond acceptors (Lipinski definition) is 2. The van der Waals surface area contributed by atoms with Gasteiger partial charge in [0.25, 0.3) is 0 Å². The maximum absolute atomic E-state index is 10.7. The van der Waals surface area contributed by atoms with Crippen LogP contribution in [-0.2, 0) is 11.2 Å². The predicted molar refractivity (Wildman–Crippen MR) is 44.9 cm³/mol. The summed E-state index contributed by atoms with van der Waals surface area (Å²) < 4.78 is 2.48. The van der Waals surface area contributed by atoms with Gasteiger partial charge >= 0.3 is 5.97 Å². The zero-order chi connectivity index (χ0) is 8.72. The number of nitrogens with zero attached hydrogens (tertiary/aromatic N) is 2. The molecule has 0 radical (unpaired) electrons. The lowest BCUT2D eigenvalue weighted by atomic mass is 10.2. The van der Waals surface area contributed by atoms with Crippen molar-refractivity contribution in [3.63, 3.8) is 0 Å². The van der Waals surface area contributed by atoms with Crippen molar-refractivity contribution in [2.24, 2.45) is 0 Å². The van der Waals surface area contributed by atoms with Crippen molar-refractivity contribution in [1.29, 1.82) is 0 Å². The van der Waals surface area contributed by atoms with Gasteiger partial charge in [0.1, 0.15) is 16.5 Å². The number of rotatable bonds is 1. The largest absolute Gasteiger partial charge is 0.480 e. The molecule has 2 rings (SSSR count). The molecule has 5 heteroatoms. The summed E-state index contributed by atoms with van der Waals surface area (Å²) in [6.45, 7) is 0. The standard InChI is InChI=1S/C7H7BrN2O2/c8-5-3-9-6-2-1-4(7(11)12)10(5)6/h3-4H,1-2H2,(H,11,12). The molecule has 1 unspecified atom stereocenters. The van der Waals surface area contributed by atoms with Gasteiger partial charge in [0.15, 0.2) is 0 Å². The van der Waals surface area contributed by atoms with Crippen LogP contribution in [0.3, 0.4) is 0 Å². The molecule has 2 heterocycles. The molecule has 1 aromatic rings. The Kier molecular flexibility index (Phi) is 1.68. The van der Waals surface area contributed by atoms with Crippen LogP contribution < -0.4 is 0 Å². The maximum atomic E-state index is 10.7. The Balaban J connectivity index is 2.46. The average Bonchev–Trinajstić information content (AvgIpc) is 2.53. The molecule has 0 spiro atoms. The van der Waals surface area contributed by atoms with E-state index in [1.165, 1.54) is 0 Å². The van der Waals surface area contributed by atoms with Gasteiger partial charge < -0.3 is 9.67 Å². The highest BCUT2D eigenvalue weighted by Crippen LogP contribution is 2.29. The van der Waals surface area contributed by atoms with Crippen LogP contribution in [0.5, 0.6) is 0 Å². The van der Waals surface area contributed by atoms with Gasteiger partial charge in [-0.1, -0.05) is 0 Å². The van der Waals surface area contributed by atoms with Crippen molar-refractivity contribution in [2.45, 2.75) is 18.9 Å². The van der Waals surface area contributed by atoms with Gasteiger partial charge in [0.05, 0.1) is 6.20 Å². The number of halogens is 1. The van der Waals surface area contributed by atoms with E-state index in [2.05, 4.69) is 20.9 Å². The van der Waals surface area contributed by atoms with Gasteiger partial charge in [-0.2, -0.15) is 0 Å². The third-order valence-corrected chi connectivity index (χ3v) is 2.65. The third-order valence-electron chi connectivity index (χ3n) is 2.07. The molecule has 0 aliphatic carbocycles. The quantitative estimate of drug-likeness (QED) is 0.790. The fraction of sp³-hybridized carbons (Fsp3) is 0.429. The Morgan fingerprint density at radius 2 is 2.58 bits per heavy atom. The minimum absolute atomic E-state index is 0.433. The number of imidazole rings is 1. The van der Waals surface area contributed by atoms with Crippen LogP contribution in [-0.4, -0.2) is 20.6 Å². The molecular formula is C7H7BrN2O2. The molecule has 4 nitrogen and oxygen atoms in total. The molecule has 64 valence electrons. The number of aromatic nitrogens is 2. The Morgan fingerprint density at radius 1 is 1.83 bits per heavy atom. The van der Waals surface area contributed by atoms with E-state index in [-0.39, 0.29) is 0 Å². The Bertz CT molecular complexity index is 334. The van der Waals surface area contributed by atoms with Crippen molar-refractivity contribution < 1.29 is 9.90 Å². The Hall–Kier alpha value is -0.840. The number of aryl methyl sites for hydroxylation is 1. The summed E-state index contributed by atoms with van der Waals surface area (Å²) in [5, 5.41) is 8.83. The molecule has 0 amide bonds. The molecule has 1 aliphatic rings. The summed E-state index contributed by atoms with van der Waals surface area (Å²) in [4.78, 5) is 14.8. The lowest BCUT2D eigenvalue weighted by molar-refractivity contribution is -0.140. The first-order valence-electron chi connectivity index (χ1n) is 3.64. The molecule has 1 atom stereocenters. The van der Waals surface area contributed by atoms with Gasteiger partial charge in [-0.25, -0.2) is 9.78 Å². The van der Waals surface area contributed by atoms with Crippen LogP contribution in [0.25, 0.3) is 0 Å². The summed E-state index contributed by atoms with van der Waals surface area (Å²) in [5.41, 5.74) is 0. The number of carboxylic acid groups (broad SMARTS) is 1. The van der Waals surface area contributed by atoms with Crippen molar-refractivity contribution in [3.05, 3.63) is 16.6 Å². The SMILES string of the molecule is O=C(O)C1CCc2ncc(Br)n21. The number of hydrogen-bond donors (Lipinski definition) is 1. The van der Waals surface area contributed by atoms with Crippen LogP contribution in [0.2, 0.25) is 0 Å². The van der Waals surface area contributed by atoms with Crippen LogP contribution in [0.1, 0.15) is 18.3 Å². The zero-order valence-electron chi connectivity index (χ0n) is 6.20. The Morgan fingerprint density at radius 3 is 3.25 bits per heavy atom. The fourth-order valence-corrected chi connectivity index (χ4v) is 2.07. The predicted octanol–water partition coefficient (Wildman–Crippen LogP) is 1.22. The molecule has 1 N–H and O–H groups in total. The summed E-state index contributed by atoms with van der Waals surface area (Å²) in [6.07, 6.45) is 3.05. The van der Waals surface area contributed by atoms with E-state index in [1.54, 1.807) is 10.8 Å². The van der Waals surface area contributed by atoms with Gasteiger partial charge in [0, 0.05) is 6.42 Å². The fourth-order valence-electron chi connectivity index (χ4n) is 1.52. The first-order valence-corrected chi connectivity index (χ1v) is 4.44. The van der Waals surface area contributed by atoms with Crippen molar-refractivity contribution in [1.82, 2.24) is 9.55 Å². The van der Waals surface area contributed by atoms with Gasteiger partial charge in [-0.05, 0) is 22.4 Å². The molecule has 0 saturated heterocycles. The second kappa shape index (κ2) is 2.58. The highest BCUT2D eigenvalue weighted by Gasteiger charge is 2.30. The number of carbonyl (C=O) groups is 1. The molecule has 0 aromatic carbocycles. The molecule has 1 aliphatic heterocycles. The van der Waals surface area contributed by atoms with Crippen LogP contribution in [0.4, 0.5) is 0 Å². The molecule has 0 fully saturated rings. The molecule has 1 aromatic heterocycles. The summed E-state index contributed by atoms with van der Waals surface area (Å²) >= 11 is 3.26. The minimum atomic E-state index is -0.785. The van der Waals surface area contributed by atoms with E-state index >= 15 is 0 Å². The lowest BCUT2D eigenvalue weighted by Crippen LogP contribution is -2.14. The first kappa shape index (κ1) is 7.79. The van der Waals surface area contributed by atoms with Crippen LogP contribution in [0.15, 0.2) is 10.8 Å². The summed E-state index contributed by atoms with van der Waals surface area (Å²) in [6, 6.07) is -0.433. The van der Waals surface area contributed by atoms with Crippen LogP contribution >= 0.6 is 15.9 Å². The van der Waals surface area contributed by atoms with E-state index in [0.717, 1.165) is 16.8 Å². The molecule has 12 heavy (non-hydrogen) atoms. The van der Waals surface area contributed by atoms with Crippen molar-refractivity contribution in [3.8, 4) is 0 Å². The van der Waals surface area contributed by atoms with Gasteiger partial charge in [0.2, 0.25) is 0 Å². The minimum Gasteiger partial charge on any atom is -0.480 e. The van der Waals surface area contributed by atoms with Gasteiger partial charge in [-0.15, -0.1) is 0 Å². The highest BCUT2D eigenvalue weighted by atomic mass is 79.9. The topological polar surface area (TPSA) is 55.1 Å². The monoisotopic (exact) mass is 230 g/mol. The Labute approximate surface area is 77.3 Å². The summed E-state index contributed by atoms with van der Waals surface area (Å²) in [5.74, 6) is 0.0710. The first-order chi connectivity index (χ1) is 5.70. The average molecular weight is 231 g/mol.